The van der Waals surface area contributed by atoms with Gasteiger partial charge in [0, 0.05) is 61.1 Å². The summed E-state index contributed by atoms with van der Waals surface area (Å²) in [6.45, 7) is 4.89. The van der Waals surface area contributed by atoms with Crippen molar-refractivity contribution in [3.8, 4) is 22.4 Å². The van der Waals surface area contributed by atoms with E-state index in [1.807, 2.05) is 13.0 Å². The zero-order chi connectivity index (χ0) is 25.2. The molecule has 5 rings (SSSR count). The lowest BCUT2D eigenvalue weighted by atomic mass is 9.85. The molecule has 0 unspecified atom stereocenters. The monoisotopic (exact) mass is 491 g/mol. The maximum Gasteiger partial charge on any atom is 0.254 e. The Hall–Kier alpha value is -3.47. The predicted octanol–water partition coefficient (Wildman–Crippen LogP) is 2.76. The molecule has 0 bridgehead atoms. The number of carbonyl (C=O) groups excluding carboxylic acids is 1. The number of nitrogens with one attached hydrogen (secondary N) is 1. The average Bonchev–Trinajstić information content (AvgIpc) is 2.86. The highest BCUT2D eigenvalue weighted by atomic mass is 19.1. The molecule has 3 heterocycles. The lowest BCUT2D eigenvalue weighted by Crippen LogP contribution is -2.58. The number of hydrogen-bond acceptors (Lipinski definition) is 8. The van der Waals surface area contributed by atoms with Crippen LogP contribution in [0.15, 0.2) is 42.9 Å². The Labute approximate surface area is 209 Å². The van der Waals surface area contributed by atoms with E-state index in [2.05, 4.69) is 25.2 Å². The number of halogens is 1. The van der Waals surface area contributed by atoms with Gasteiger partial charge in [0.2, 0.25) is 0 Å². The predicted molar refractivity (Wildman–Crippen MR) is 134 cm³/mol. The third kappa shape index (κ3) is 4.92. The first-order chi connectivity index (χ1) is 17.4. The second-order valence-corrected chi connectivity index (χ2v) is 9.35. The van der Waals surface area contributed by atoms with Gasteiger partial charge in [-0.2, -0.15) is 5.06 Å². The number of hydrogen-bond donors (Lipinski definition) is 3. The number of aryl methyl sites for hydroxylation is 1. The highest BCUT2D eigenvalue weighted by molar-refractivity contribution is 5.95. The van der Waals surface area contributed by atoms with Crippen LogP contribution in [0.3, 0.4) is 0 Å². The van der Waals surface area contributed by atoms with Crippen molar-refractivity contribution in [2.45, 2.75) is 38.3 Å². The van der Waals surface area contributed by atoms with Gasteiger partial charge in [0.25, 0.3) is 5.91 Å². The van der Waals surface area contributed by atoms with Crippen LogP contribution in [0.1, 0.15) is 35.8 Å². The Kier molecular flexibility index (Phi) is 6.90. The molecule has 36 heavy (non-hydrogen) atoms. The van der Waals surface area contributed by atoms with Crippen LogP contribution in [-0.4, -0.2) is 74.3 Å². The molecule has 2 fully saturated rings. The van der Waals surface area contributed by atoms with Crippen LogP contribution in [0.2, 0.25) is 0 Å². The molecule has 0 radical (unpaired) electrons. The summed E-state index contributed by atoms with van der Waals surface area (Å²) in [6.07, 6.45) is 5.45. The molecule has 4 N–H and O–H groups in total. The molecule has 1 aliphatic heterocycles. The number of rotatable bonds is 6. The molecule has 188 valence electrons. The van der Waals surface area contributed by atoms with E-state index in [0.717, 1.165) is 42.8 Å². The van der Waals surface area contributed by atoms with Gasteiger partial charge in [0.1, 0.15) is 18.0 Å². The Morgan fingerprint density at radius 3 is 2.53 bits per heavy atom. The van der Waals surface area contributed by atoms with Gasteiger partial charge in [-0.05, 0) is 43.5 Å². The topological polar surface area (TPSA) is 120 Å². The van der Waals surface area contributed by atoms with Crippen LogP contribution in [0, 0.1) is 5.82 Å². The van der Waals surface area contributed by atoms with E-state index in [-0.39, 0.29) is 11.6 Å². The zero-order valence-corrected chi connectivity index (χ0v) is 20.2. The van der Waals surface area contributed by atoms with E-state index in [0.29, 0.717) is 42.6 Å². The quantitative estimate of drug-likeness (QED) is 0.481. The number of nitrogens with zero attached hydrogens (tertiary/aromatic N) is 5. The molecule has 0 atom stereocenters. The van der Waals surface area contributed by atoms with Crippen LogP contribution < -0.4 is 11.1 Å². The molecule has 1 saturated carbocycles. The highest BCUT2D eigenvalue weighted by Crippen LogP contribution is 2.33. The van der Waals surface area contributed by atoms with Gasteiger partial charge in [-0.1, -0.05) is 13.0 Å². The van der Waals surface area contributed by atoms with Gasteiger partial charge in [-0.25, -0.2) is 19.3 Å². The number of benzene rings is 1. The molecule has 1 aliphatic carbocycles. The van der Waals surface area contributed by atoms with E-state index >= 15 is 4.39 Å². The van der Waals surface area contributed by atoms with Crippen molar-refractivity contribution in [2.24, 2.45) is 0 Å². The van der Waals surface area contributed by atoms with Crippen LogP contribution in [0.5, 0.6) is 0 Å². The lowest BCUT2D eigenvalue weighted by molar-refractivity contribution is -0.126. The average molecular weight is 492 g/mol. The van der Waals surface area contributed by atoms with E-state index in [4.69, 9.17) is 5.73 Å². The molecular weight excluding hydrogens is 461 g/mol. The van der Waals surface area contributed by atoms with E-state index in [1.165, 1.54) is 23.5 Å². The first kappa shape index (κ1) is 24.2. The molecule has 1 aromatic carbocycles. The van der Waals surface area contributed by atoms with Gasteiger partial charge >= 0.3 is 0 Å². The van der Waals surface area contributed by atoms with Gasteiger partial charge in [-0.15, -0.1) is 0 Å². The fraction of sp³-hybridized carbons (Fsp3) is 0.385. The summed E-state index contributed by atoms with van der Waals surface area (Å²) < 4.78 is 15.2. The number of aromatic nitrogens is 3. The van der Waals surface area contributed by atoms with Gasteiger partial charge in [0.05, 0.1) is 17.0 Å². The molecular formula is C26H30FN7O2. The van der Waals surface area contributed by atoms with E-state index in [1.54, 1.807) is 18.3 Å². The maximum absolute atomic E-state index is 15.2. The van der Waals surface area contributed by atoms with E-state index < -0.39 is 11.7 Å². The second kappa shape index (κ2) is 10.3. The molecule has 2 aromatic heterocycles. The van der Waals surface area contributed by atoms with Crippen LogP contribution in [0.4, 0.5) is 10.2 Å². The van der Waals surface area contributed by atoms with Crippen LogP contribution in [-0.2, 0) is 6.42 Å². The van der Waals surface area contributed by atoms with Crippen LogP contribution >= 0.6 is 0 Å². The number of anilines is 1. The van der Waals surface area contributed by atoms with Gasteiger partial charge in [-0.3, -0.25) is 9.69 Å². The summed E-state index contributed by atoms with van der Waals surface area (Å²) in [4.78, 5) is 28.2. The zero-order valence-electron chi connectivity index (χ0n) is 20.2. The summed E-state index contributed by atoms with van der Waals surface area (Å²) in [5.74, 6) is -0.609. The number of nitrogens with two attached hydrogens (primary N) is 1. The van der Waals surface area contributed by atoms with Gasteiger partial charge < -0.3 is 16.3 Å². The molecule has 3 aromatic rings. The minimum Gasteiger partial charge on any atom is -0.384 e. The minimum atomic E-state index is -0.599. The molecule has 0 spiro atoms. The van der Waals surface area contributed by atoms with Crippen molar-refractivity contribution in [3.05, 3.63) is 59.9 Å². The Morgan fingerprint density at radius 2 is 1.86 bits per heavy atom. The van der Waals surface area contributed by atoms with Crippen molar-refractivity contribution in [1.29, 1.82) is 0 Å². The Morgan fingerprint density at radius 1 is 1.11 bits per heavy atom. The van der Waals surface area contributed by atoms with Crippen LogP contribution in [0.25, 0.3) is 22.4 Å². The second-order valence-electron chi connectivity index (χ2n) is 9.35. The van der Waals surface area contributed by atoms with Crippen molar-refractivity contribution < 1.29 is 14.4 Å². The standard InChI is InChI=1S/C26H30FN7O2/c1-2-22-24(17-4-6-23(28)29-14-17)25(31-15-30-22)16-3-5-20(21(27)11-16)26(35)32-18-12-19(13-18)33-7-9-34(36)10-8-33/h3-6,11,14-15,18-19,36H,2,7-10,12-13H2,1H3,(H2,28,29)(H,32,35). The summed E-state index contributed by atoms with van der Waals surface area (Å²) in [6, 6.07) is 8.54. The normalized spacial score (nSPS) is 20.6. The third-order valence-corrected chi connectivity index (χ3v) is 7.08. The first-order valence-corrected chi connectivity index (χ1v) is 12.3. The van der Waals surface area contributed by atoms with E-state index in [9.17, 15) is 10.0 Å². The molecule has 2 aliphatic rings. The van der Waals surface area contributed by atoms with Crippen molar-refractivity contribution in [2.75, 3.05) is 31.9 Å². The first-order valence-electron chi connectivity index (χ1n) is 12.3. The largest absolute Gasteiger partial charge is 0.384 e. The third-order valence-electron chi connectivity index (χ3n) is 7.08. The number of piperazine rings is 1. The summed E-state index contributed by atoms with van der Waals surface area (Å²) in [7, 11) is 0. The summed E-state index contributed by atoms with van der Waals surface area (Å²) in [5, 5.41) is 13.8. The summed E-state index contributed by atoms with van der Waals surface area (Å²) >= 11 is 0. The Balaban J connectivity index is 1.31. The maximum atomic E-state index is 15.2. The van der Waals surface area contributed by atoms with Crippen molar-refractivity contribution >= 4 is 11.7 Å². The number of carbonyl (C=O) groups is 1. The molecule has 1 amide bonds. The molecule has 1 saturated heterocycles. The number of hydroxylamine groups is 2. The highest BCUT2D eigenvalue weighted by Gasteiger charge is 2.36. The smallest absolute Gasteiger partial charge is 0.254 e. The van der Waals surface area contributed by atoms with Crippen molar-refractivity contribution in [1.82, 2.24) is 30.2 Å². The lowest BCUT2D eigenvalue weighted by Gasteiger charge is -2.45. The fourth-order valence-electron chi connectivity index (χ4n) is 4.96. The fourth-order valence-corrected chi connectivity index (χ4v) is 4.96. The minimum absolute atomic E-state index is 0.0107. The number of amides is 1. The van der Waals surface area contributed by atoms with Crippen molar-refractivity contribution in [3.63, 3.8) is 0 Å². The SMILES string of the molecule is CCc1ncnc(-c2ccc(C(=O)NC3CC(N4CCN(O)CC4)C3)c(F)c2)c1-c1ccc(N)nc1. The summed E-state index contributed by atoms with van der Waals surface area (Å²) in [5.41, 5.74) is 9.26. The van der Waals surface area contributed by atoms with Gasteiger partial charge in [0.15, 0.2) is 0 Å². The molecule has 10 heteroatoms. The molecule has 9 nitrogen and oxygen atoms in total. The number of pyridine rings is 1. The Bertz CT molecular complexity index is 1240. The number of nitrogen functional groups attached to an aromatic ring is 1.